The molecule has 1 aliphatic heterocycles. The number of hydrogen-bond donors (Lipinski definition) is 2. The Bertz CT molecular complexity index is 1090. The van der Waals surface area contributed by atoms with E-state index in [0.29, 0.717) is 24.9 Å². The lowest BCUT2D eigenvalue weighted by atomic mass is 10.0. The third-order valence-electron chi connectivity index (χ3n) is 5.41. The second-order valence-corrected chi connectivity index (χ2v) is 7.84. The number of aromatic nitrogens is 1. The summed E-state index contributed by atoms with van der Waals surface area (Å²) in [4.78, 5) is 23.8. The summed E-state index contributed by atoms with van der Waals surface area (Å²) >= 11 is 0. The van der Waals surface area contributed by atoms with Crippen LogP contribution in [0.5, 0.6) is 0 Å². The molecule has 2 N–H and O–H groups in total. The number of amides is 1. The highest BCUT2D eigenvalue weighted by atomic mass is 127. The van der Waals surface area contributed by atoms with Crippen LogP contribution in [0.3, 0.4) is 0 Å². The molecule has 8 heteroatoms. The van der Waals surface area contributed by atoms with Gasteiger partial charge in [-0.05, 0) is 50.5 Å². The fraction of sp³-hybridized carbons (Fsp3) is 0.320. The molecule has 2 heterocycles. The summed E-state index contributed by atoms with van der Waals surface area (Å²) in [5.74, 6) is 1.18. The molecule has 0 bridgehead atoms. The number of fused-ring (bicyclic) bond motifs is 1. The summed E-state index contributed by atoms with van der Waals surface area (Å²) in [5.41, 5.74) is 5.09. The molecule has 0 fully saturated rings. The number of guanidine groups is 1. The molecule has 0 aliphatic carbocycles. The van der Waals surface area contributed by atoms with Crippen LogP contribution in [-0.2, 0) is 17.8 Å². The molecule has 0 spiro atoms. The number of benzene rings is 2. The van der Waals surface area contributed by atoms with Crippen molar-refractivity contribution in [3.05, 3.63) is 71.6 Å². The minimum Gasteiger partial charge on any atom is -0.444 e. The van der Waals surface area contributed by atoms with Crippen LogP contribution in [0.2, 0.25) is 0 Å². The minimum atomic E-state index is 0. The average Bonchev–Trinajstić information content (AvgIpc) is 3.30. The number of nitrogens with zero attached hydrogens (tertiary/aromatic N) is 3. The standard InChI is InChI=1S/C25H29N5O2.HI/c1-3-26-25(27-15-21-17-32-24(29-21)20-12-10-18(2)11-13-20)28-16-23(31)30-14-6-8-19-7-4-5-9-22(19)30;/h4-5,7,9-13,17H,3,6,8,14-16H2,1-2H3,(H2,26,27,28);1H. The Morgan fingerprint density at radius 2 is 1.94 bits per heavy atom. The average molecular weight is 559 g/mol. The molecule has 1 aliphatic rings. The maximum atomic E-state index is 12.9. The SMILES string of the molecule is CCNC(=NCc1coc(-c2ccc(C)cc2)n1)NCC(=O)N1CCCc2ccccc21.I. The number of carbonyl (C=O) groups is 1. The first-order valence-corrected chi connectivity index (χ1v) is 11.1. The van der Waals surface area contributed by atoms with E-state index in [9.17, 15) is 4.79 Å². The van der Waals surface area contributed by atoms with Gasteiger partial charge in [0, 0.05) is 24.3 Å². The van der Waals surface area contributed by atoms with Gasteiger partial charge in [0.15, 0.2) is 5.96 Å². The van der Waals surface area contributed by atoms with Crippen molar-refractivity contribution in [1.82, 2.24) is 15.6 Å². The molecule has 0 saturated carbocycles. The van der Waals surface area contributed by atoms with Crippen molar-refractivity contribution < 1.29 is 9.21 Å². The van der Waals surface area contributed by atoms with E-state index in [2.05, 4.69) is 26.7 Å². The smallest absolute Gasteiger partial charge is 0.246 e. The largest absolute Gasteiger partial charge is 0.444 e. The van der Waals surface area contributed by atoms with Crippen LogP contribution in [0.4, 0.5) is 5.69 Å². The number of aryl methyl sites for hydroxylation is 2. The van der Waals surface area contributed by atoms with Crippen molar-refractivity contribution in [2.45, 2.75) is 33.2 Å². The number of nitrogens with one attached hydrogen (secondary N) is 2. The van der Waals surface area contributed by atoms with Crippen molar-refractivity contribution in [2.24, 2.45) is 4.99 Å². The Morgan fingerprint density at radius 1 is 1.15 bits per heavy atom. The number of hydrogen-bond acceptors (Lipinski definition) is 4. The van der Waals surface area contributed by atoms with Crippen molar-refractivity contribution in [3.63, 3.8) is 0 Å². The maximum Gasteiger partial charge on any atom is 0.246 e. The quantitative estimate of drug-likeness (QED) is 0.268. The van der Waals surface area contributed by atoms with Crippen LogP contribution in [0.1, 0.15) is 30.2 Å². The molecule has 0 radical (unpaired) electrons. The summed E-state index contributed by atoms with van der Waals surface area (Å²) in [6, 6.07) is 16.2. The Hall–Kier alpha value is -2.88. The van der Waals surface area contributed by atoms with Crippen LogP contribution in [0.25, 0.3) is 11.5 Å². The molecular formula is C25H30IN5O2. The number of rotatable bonds is 6. The normalized spacial score (nSPS) is 13.2. The topological polar surface area (TPSA) is 82.8 Å². The van der Waals surface area contributed by atoms with E-state index in [1.807, 2.05) is 61.2 Å². The number of oxazole rings is 1. The zero-order chi connectivity index (χ0) is 22.3. The summed E-state index contributed by atoms with van der Waals surface area (Å²) < 4.78 is 5.61. The molecule has 1 aromatic heterocycles. The lowest BCUT2D eigenvalue weighted by molar-refractivity contribution is -0.117. The third-order valence-corrected chi connectivity index (χ3v) is 5.41. The summed E-state index contributed by atoms with van der Waals surface area (Å²) in [7, 11) is 0. The van der Waals surface area contributed by atoms with Gasteiger partial charge in [-0.2, -0.15) is 0 Å². The third kappa shape index (κ3) is 6.34. The monoisotopic (exact) mass is 559 g/mol. The van der Waals surface area contributed by atoms with Gasteiger partial charge in [-0.25, -0.2) is 9.98 Å². The van der Waals surface area contributed by atoms with Gasteiger partial charge in [-0.15, -0.1) is 24.0 Å². The zero-order valence-corrected chi connectivity index (χ0v) is 21.3. The first-order chi connectivity index (χ1) is 15.6. The van der Waals surface area contributed by atoms with Gasteiger partial charge in [0.2, 0.25) is 11.8 Å². The van der Waals surface area contributed by atoms with Gasteiger partial charge < -0.3 is 20.0 Å². The van der Waals surface area contributed by atoms with Gasteiger partial charge in [0.1, 0.15) is 12.0 Å². The van der Waals surface area contributed by atoms with E-state index in [1.165, 1.54) is 11.1 Å². The van der Waals surface area contributed by atoms with Crippen molar-refractivity contribution in [3.8, 4) is 11.5 Å². The number of halogens is 1. The van der Waals surface area contributed by atoms with Crippen molar-refractivity contribution in [2.75, 3.05) is 24.5 Å². The number of carbonyl (C=O) groups excluding carboxylic acids is 1. The first-order valence-electron chi connectivity index (χ1n) is 11.1. The number of para-hydroxylation sites is 1. The number of anilines is 1. The van der Waals surface area contributed by atoms with Gasteiger partial charge >= 0.3 is 0 Å². The van der Waals surface area contributed by atoms with Crippen LogP contribution in [-0.4, -0.2) is 36.5 Å². The second kappa shape index (κ2) is 11.8. The van der Waals surface area contributed by atoms with E-state index < -0.39 is 0 Å². The maximum absolute atomic E-state index is 12.9. The molecule has 0 saturated heterocycles. The van der Waals surface area contributed by atoms with Gasteiger partial charge in [0.25, 0.3) is 0 Å². The molecule has 0 atom stereocenters. The molecule has 3 aromatic rings. The molecular weight excluding hydrogens is 529 g/mol. The Balaban J connectivity index is 0.00000306. The predicted octanol–water partition coefficient (Wildman–Crippen LogP) is 4.30. The summed E-state index contributed by atoms with van der Waals surface area (Å²) in [6.45, 7) is 6.00. The lowest BCUT2D eigenvalue weighted by Gasteiger charge is -2.29. The minimum absolute atomic E-state index is 0. The van der Waals surface area contributed by atoms with Gasteiger partial charge in [0.05, 0.1) is 13.1 Å². The molecule has 2 aromatic carbocycles. The van der Waals surface area contributed by atoms with Crippen LogP contribution < -0.4 is 15.5 Å². The fourth-order valence-electron chi connectivity index (χ4n) is 3.76. The molecule has 1 amide bonds. The van der Waals surface area contributed by atoms with Crippen molar-refractivity contribution >= 4 is 41.5 Å². The molecule has 7 nitrogen and oxygen atoms in total. The van der Waals surface area contributed by atoms with E-state index >= 15 is 0 Å². The highest BCUT2D eigenvalue weighted by molar-refractivity contribution is 14.0. The number of aliphatic imine (C=N–C) groups is 1. The molecule has 4 rings (SSSR count). The van der Waals surface area contributed by atoms with Gasteiger partial charge in [-0.1, -0.05) is 35.9 Å². The van der Waals surface area contributed by atoms with E-state index in [0.717, 1.165) is 36.3 Å². The van der Waals surface area contributed by atoms with Crippen LogP contribution in [0, 0.1) is 6.92 Å². The highest BCUT2D eigenvalue weighted by Crippen LogP contribution is 2.26. The zero-order valence-electron chi connectivity index (χ0n) is 19.0. The Labute approximate surface area is 211 Å². The molecule has 33 heavy (non-hydrogen) atoms. The molecule has 174 valence electrons. The van der Waals surface area contributed by atoms with E-state index in [-0.39, 0.29) is 36.4 Å². The summed E-state index contributed by atoms with van der Waals surface area (Å²) in [5, 5.41) is 6.34. The first kappa shape index (κ1) is 24.8. The van der Waals surface area contributed by atoms with Crippen LogP contribution in [0.15, 0.2) is 64.2 Å². The Kier molecular flexibility index (Phi) is 8.87. The summed E-state index contributed by atoms with van der Waals surface area (Å²) in [6.07, 6.45) is 3.62. The Morgan fingerprint density at radius 3 is 2.73 bits per heavy atom. The predicted molar refractivity (Wildman–Crippen MR) is 142 cm³/mol. The van der Waals surface area contributed by atoms with Crippen molar-refractivity contribution in [1.29, 1.82) is 0 Å². The highest BCUT2D eigenvalue weighted by Gasteiger charge is 2.22. The lowest BCUT2D eigenvalue weighted by Crippen LogP contribution is -2.46. The van der Waals surface area contributed by atoms with E-state index in [1.54, 1.807) is 6.26 Å². The van der Waals surface area contributed by atoms with Gasteiger partial charge in [-0.3, -0.25) is 4.79 Å². The fourth-order valence-corrected chi connectivity index (χ4v) is 3.76. The van der Waals surface area contributed by atoms with Crippen LogP contribution >= 0.6 is 24.0 Å². The second-order valence-electron chi connectivity index (χ2n) is 7.84. The molecule has 0 unspecified atom stereocenters. The van der Waals surface area contributed by atoms with E-state index in [4.69, 9.17) is 4.42 Å².